The van der Waals surface area contributed by atoms with Crippen LogP contribution >= 0.6 is 11.8 Å². The summed E-state index contributed by atoms with van der Waals surface area (Å²) in [5, 5.41) is 0. The van der Waals surface area contributed by atoms with Gasteiger partial charge in [0, 0.05) is 28.7 Å². The highest BCUT2D eigenvalue weighted by Crippen LogP contribution is 2.24. The molecular formula is C25H22NO2S. The van der Waals surface area contributed by atoms with E-state index in [-0.39, 0.29) is 0 Å². The van der Waals surface area contributed by atoms with Crippen LogP contribution in [0.25, 0.3) is 11.5 Å². The van der Waals surface area contributed by atoms with Gasteiger partial charge in [-0.05, 0) is 42.8 Å². The Bertz CT molecular complexity index is 1040. The summed E-state index contributed by atoms with van der Waals surface area (Å²) in [7, 11) is 0. The summed E-state index contributed by atoms with van der Waals surface area (Å²) in [4.78, 5) is 5.88. The Kier molecular flexibility index (Phi) is 6.32. The fourth-order valence-corrected chi connectivity index (χ4v) is 3.80. The van der Waals surface area contributed by atoms with Crippen LogP contribution in [0.1, 0.15) is 17.0 Å². The number of rotatable bonds is 8. The molecule has 0 saturated heterocycles. The van der Waals surface area contributed by atoms with Gasteiger partial charge in [0.25, 0.3) is 0 Å². The number of benzene rings is 3. The van der Waals surface area contributed by atoms with Gasteiger partial charge in [-0.1, -0.05) is 48.5 Å². The number of nitrogens with zero attached hydrogens (tertiary/aromatic N) is 1. The van der Waals surface area contributed by atoms with E-state index in [4.69, 9.17) is 9.15 Å². The molecule has 145 valence electrons. The molecule has 0 aliphatic heterocycles. The van der Waals surface area contributed by atoms with Crippen LogP contribution in [0.5, 0.6) is 5.75 Å². The van der Waals surface area contributed by atoms with Crippen molar-refractivity contribution >= 4 is 11.8 Å². The predicted molar refractivity (Wildman–Crippen MR) is 117 cm³/mol. The molecule has 0 N–H and O–H groups in total. The zero-order chi connectivity index (χ0) is 19.9. The Labute approximate surface area is 175 Å². The van der Waals surface area contributed by atoms with Crippen molar-refractivity contribution in [3.63, 3.8) is 0 Å². The van der Waals surface area contributed by atoms with Crippen LogP contribution < -0.4 is 4.74 Å². The Hall–Kier alpha value is -2.98. The molecule has 0 amide bonds. The normalized spacial score (nSPS) is 10.8. The highest BCUT2D eigenvalue weighted by molar-refractivity contribution is 7.98. The Morgan fingerprint density at radius 2 is 1.69 bits per heavy atom. The minimum Gasteiger partial charge on any atom is -0.493 e. The second-order valence-electron chi connectivity index (χ2n) is 6.63. The topological polar surface area (TPSA) is 35.3 Å². The molecule has 0 aliphatic rings. The van der Waals surface area contributed by atoms with Crippen molar-refractivity contribution in [1.29, 1.82) is 0 Å². The molecule has 0 spiro atoms. The zero-order valence-electron chi connectivity index (χ0n) is 16.3. The molecule has 0 saturated carbocycles. The maximum Gasteiger partial charge on any atom is 0.226 e. The number of oxazole rings is 1. The molecule has 4 rings (SSSR count). The lowest BCUT2D eigenvalue weighted by Gasteiger charge is -2.07. The lowest BCUT2D eigenvalue weighted by atomic mass is 10.2. The van der Waals surface area contributed by atoms with Crippen LogP contribution in [-0.2, 0) is 12.2 Å². The fraction of sp³-hybridized carbons (Fsp3) is 0.160. The van der Waals surface area contributed by atoms with Gasteiger partial charge in [-0.25, -0.2) is 4.98 Å². The number of thioether (sulfide) groups is 1. The molecule has 0 fully saturated rings. The summed E-state index contributed by atoms with van der Waals surface area (Å²) < 4.78 is 11.7. The van der Waals surface area contributed by atoms with Gasteiger partial charge < -0.3 is 9.15 Å². The summed E-state index contributed by atoms with van der Waals surface area (Å²) in [5.74, 6) is 3.12. The van der Waals surface area contributed by atoms with E-state index in [1.807, 2.05) is 55.5 Å². The summed E-state index contributed by atoms with van der Waals surface area (Å²) in [6.07, 6.45) is 0.693. The van der Waals surface area contributed by atoms with Gasteiger partial charge in [-0.15, -0.1) is 11.8 Å². The van der Waals surface area contributed by atoms with Crippen LogP contribution in [0.4, 0.5) is 0 Å². The minimum absolute atomic E-state index is 0.535. The third kappa shape index (κ3) is 5.30. The maximum absolute atomic E-state index is 5.93. The summed E-state index contributed by atoms with van der Waals surface area (Å²) >= 11 is 1.80. The molecule has 4 aromatic rings. The van der Waals surface area contributed by atoms with Crippen molar-refractivity contribution < 1.29 is 9.15 Å². The smallest absolute Gasteiger partial charge is 0.226 e. The number of aromatic nitrogens is 1. The average Bonchev–Trinajstić information content (AvgIpc) is 3.15. The first-order valence-electron chi connectivity index (χ1n) is 9.61. The quantitative estimate of drug-likeness (QED) is 0.322. The van der Waals surface area contributed by atoms with E-state index >= 15 is 0 Å². The number of hydrogen-bond donors (Lipinski definition) is 0. The fourth-order valence-electron chi connectivity index (χ4n) is 2.96. The van der Waals surface area contributed by atoms with Gasteiger partial charge in [-0.2, -0.15) is 0 Å². The summed E-state index contributed by atoms with van der Waals surface area (Å²) in [6, 6.07) is 29.7. The Morgan fingerprint density at radius 1 is 0.931 bits per heavy atom. The Balaban J connectivity index is 1.32. The van der Waals surface area contributed by atoms with Crippen LogP contribution in [0.2, 0.25) is 0 Å². The third-order valence-electron chi connectivity index (χ3n) is 4.48. The van der Waals surface area contributed by atoms with E-state index in [0.717, 1.165) is 34.1 Å². The highest BCUT2D eigenvalue weighted by Gasteiger charge is 2.11. The Morgan fingerprint density at radius 3 is 2.48 bits per heavy atom. The van der Waals surface area contributed by atoms with Crippen LogP contribution in [0, 0.1) is 13.0 Å². The van der Waals surface area contributed by atoms with E-state index in [0.29, 0.717) is 18.9 Å². The second kappa shape index (κ2) is 9.48. The van der Waals surface area contributed by atoms with Crippen LogP contribution in [-0.4, -0.2) is 11.6 Å². The lowest BCUT2D eigenvalue weighted by molar-refractivity contribution is 0.319. The van der Waals surface area contributed by atoms with Crippen molar-refractivity contribution in [2.45, 2.75) is 24.0 Å². The lowest BCUT2D eigenvalue weighted by Crippen LogP contribution is -2.03. The van der Waals surface area contributed by atoms with E-state index in [9.17, 15) is 0 Å². The monoisotopic (exact) mass is 400 g/mol. The highest BCUT2D eigenvalue weighted by atomic mass is 32.2. The molecule has 29 heavy (non-hydrogen) atoms. The maximum atomic E-state index is 5.93. The molecule has 1 aromatic heterocycles. The molecule has 0 aliphatic carbocycles. The molecule has 3 aromatic carbocycles. The van der Waals surface area contributed by atoms with Gasteiger partial charge in [0.15, 0.2) is 0 Å². The van der Waals surface area contributed by atoms with E-state index in [2.05, 4.69) is 41.4 Å². The molecule has 0 unspecified atom stereocenters. The molecule has 1 radical (unpaired) electrons. The van der Waals surface area contributed by atoms with Gasteiger partial charge in [0.05, 0.1) is 12.3 Å². The van der Waals surface area contributed by atoms with E-state index in [1.54, 1.807) is 11.8 Å². The van der Waals surface area contributed by atoms with Crippen molar-refractivity contribution in [3.05, 3.63) is 102 Å². The molecule has 0 atom stereocenters. The van der Waals surface area contributed by atoms with Crippen LogP contribution in [0.3, 0.4) is 0 Å². The summed E-state index contributed by atoms with van der Waals surface area (Å²) in [6.45, 7) is 2.48. The molecule has 3 nitrogen and oxygen atoms in total. The molecular weight excluding hydrogens is 378 g/mol. The molecule has 4 heteroatoms. The van der Waals surface area contributed by atoms with Gasteiger partial charge in [-0.3, -0.25) is 0 Å². The molecule has 1 heterocycles. The first kappa shape index (κ1) is 19.3. The largest absolute Gasteiger partial charge is 0.493 e. The van der Waals surface area contributed by atoms with Crippen molar-refractivity contribution in [2.75, 3.05) is 6.61 Å². The standard InChI is InChI=1S/C25H22NO2S/c1-19-24(26-25(28-19)21-10-4-2-5-11-21)15-16-27-22-12-8-9-20(17-22)18-29-23-13-6-3-7-14-23/h2-14H,15-16,18H2,1H3. The first-order chi connectivity index (χ1) is 14.3. The average molecular weight is 401 g/mol. The van der Waals surface area contributed by atoms with Gasteiger partial charge in [0.1, 0.15) is 11.5 Å². The predicted octanol–water partition coefficient (Wildman–Crippen LogP) is 6.36. The van der Waals surface area contributed by atoms with Gasteiger partial charge in [0.2, 0.25) is 5.89 Å². The first-order valence-corrected chi connectivity index (χ1v) is 10.6. The molecule has 0 bridgehead atoms. The SMILES string of the molecule is Cc1oc(-c2ccccc2)nc1CCOc1[c]c(CSc2ccccc2)ccc1. The zero-order valence-corrected chi connectivity index (χ0v) is 17.1. The van der Waals surface area contributed by atoms with E-state index < -0.39 is 0 Å². The second-order valence-corrected chi connectivity index (χ2v) is 7.68. The van der Waals surface area contributed by atoms with Crippen molar-refractivity contribution in [2.24, 2.45) is 0 Å². The minimum atomic E-state index is 0.535. The number of aryl methyl sites for hydroxylation is 1. The van der Waals surface area contributed by atoms with E-state index in [1.165, 1.54) is 4.90 Å². The van der Waals surface area contributed by atoms with Crippen molar-refractivity contribution in [3.8, 4) is 17.2 Å². The summed E-state index contributed by atoms with van der Waals surface area (Å²) in [5.41, 5.74) is 3.04. The third-order valence-corrected chi connectivity index (χ3v) is 5.54. The number of ether oxygens (including phenoxy) is 1. The van der Waals surface area contributed by atoms with Crippen molar-refractivity contribution in [1.82, 2.24) is 4.98 Å². The van der Waals surface area contributed by atoms with Crippen LogP contribution in [0.15, 0.2) is 88.2 Å². The van der Waals surface area contributed by atoms with Gasteiger partial charge >= 0.3 is 0 Å². The number of hydrogen-bond acceptors (Lipinski definition) is 4.